The quantitative estimate of drug-likeness (QED) is 0.836. The van der Waals surface area contributed by atoms with E-state index >= 15 is 0 Å². The van der Waals surface area contributed by atoms with Gasteiger partial charge in [-0.15, -0.1) is 0 Å². The van der Waals surface area contributed by atoms with Crippen LogP contribution < -0.4 is 0 Å². The van der Waals surface area contributed by atoms with Gasteiger partial charge < -0.3 is 9.72 Å². The van der Waals surface area contributed by atoms with Crippen LogP contribution in [0.5, 0.6) is 0 Å². The van der Waals surface area contributed by atoms with Crippen LogP contribution >= 0.6 is 0 Å². The van der Waals surface area contributed by atoms with Gasteiger partial charge in [0.15, 0.2) is 0 Å². The first kappa shape index (κ1) is 13.7. The number of aryl methyl sites for hydroxylation is 2. The Labute approximate surface area is 114 Å². The highest BCUT2D eigenvalue weighted by Gasteiger charge is 2.19. The van der Waals surface area contributed by atoms with Crippen molar-refractivity contribution >= 4 is 16.9 Å². The van der Waals surface area contributed by atoms with Crippen LogP contribution in [-0.2, 0) is 16.0 Å². The molecular formula is C16H21NO2. The van der Waals surface area contributed by atoms with Crippen LogP contribution in [0.4, 0.5) is 0 Å². The summed E-state index contributed by atoms with van der Waals surface area (Å²) >= 11 is 0. The van der Waals surface area contributed by atoms with E-state index in [1.165, 1.54) is 5.56 Å². The molecule has 0 aliphatic heterocycles. The molecule has 2 aromatic rings. The number of hydrogen-bond acceptors (Lipinski definition) is 2. The fourth-order valence-electron chi connectivity index (χ4n) is 2.25. The zero-order valence-electron chi connectivity index (χ0n) is 12.3. The second kappa shape index (κ2) is 4.72. The molecule has 0 spiro atoms. The van der Waals surface area contributed by atoms with Gasteiger partial charge in [-0.3, -0.25) is 4.79 Å². The SMILES string of the molecule is Cc1ccc2[nH]c(C)c(CC(=O)OC(C)(C)C)c2c1. The Balaban J connectivity index is 2.32. The van der Waals surface area contributed by atoms with E-state index in [1.54, 1.807) is 0 Å². The monoisotopic (exact) mass is 259 g/mol. The molecule has 0 atom stereocenters. The zero-order chi connectivity index (χ0) is 14.2. The predicted octanol–water partition coefficient (Wildman–Crippen LogP) is 3.67. The van der Waals surface area contributed by atoms with Gasteiger partial charge in [0.25, 0.3) is 0 Å². The summed E-state index contributed by atoms with van der Waals surface area (Å²) in [6, 6.07) is 6.23. The molecule has 0 aliphatic carbocycles. The molecule has 0 saturated heterocycles. The maximum atomic E-state index is 12.0. The van der Waals surface area contributed by atoms with Gasteiger partial charge in [-0.05, 0) is 52.3 Å². The average molecular weight is 259 g/mol. The van der Waals surface area contributed by atoms with Crippen molar-refractivity contribution in [2.75, 3.05) is 0 Å². The minimum Gasteiger partial charge on any atom is -0.460 e. The lowest BCUT2D eigenvalue weighted by Crippen LogP contribution is -2.25. The minimum absolute atomic E-state index is 0.182. The van der Waals surface area contributed by atoms with E-state index in [-0.39, 0.29) is 5.97 Å². The van der Waals surface area contributed by atoms with E-state index in [2.05, 4.69) is 30.1 Å². The molecule has 0 amide bonds. The van der Waals surface area contributed by atoms with Crippen molar-refractivity contribution in [3.05, 3.63) is 35.0 Å². The van der Waals surface area contributed by atoms with Crippen LogP contribution in [0, 0.1) is 13.8 Å². The summed E-state index contributed by atoms with van der Waals surface area (Å²) in [5, 5.41) is 1.11. The molecule has 19 heavy (non-hydrogen) atoms. The largest absolute Gasteiger partial charge is 0.460 e. The van der Waals surface area contributed by atoms with Gasteiger partial charge in [-0.25, -0.2) is 0 Å². The van der Waals surface area contributed by atoms with Gasteiger partial charge in [-0.2, -0.15) is 0 Å². The number of aromatic nitrogens is 1. The van der Waals surface area contributed by atoms with Crippen molar-refractivity contribution in [2.24, 2.45) is 0 Å². The molecule has 2 rings (SSSR count). The number of ether oxygens (including phenoxy) is 1. The van der Waals surface area contributed by atoms with Crippen LogP contribution in [-0.4, -0.2) is 16.6 Å². The molecule has 1 heterocycles. The third-order valence-electron chi connectivity index (χ3n) is 3.02. The summed E-state index contributed by atoms with van der Waals surface area (Å²) in [7, 11) is 0. The minimum atomic E-state index is -0.437. The normalized spacial score (nSPS) is 11.8. The first-order valence-electron chi connectivity index (χ1n) is 6.56. The molecule has 1 N–H and O–H groups in total. The molecule has 1 aromatic carbocycles. The summed E-state index contributed by atoms with van der Waals surface area (Å²) in [6.07, 6.45) is 0.312. The topological polar surface area (TPSA) is 42.1 Å². The summed E-state index contributed by atoms with van der Waals surface area (Å²) < 4.78 is 5.39. The maximum Gasteiger partial charge on any atom is 0.310 e. The first-order valence-corrected chi connectivity index (χ1v) is 6.56. The molecule has 0 aliphatic rings. The van der Waals surface area contributed by atoms with E-state index in [0.29, 0.717) is 6.42 Å². The Hall–Kier alpha value is -1.77. The van der Waals surface area contributed by atoms with Gasteiger partial charge in [0.05, 0.1) is 6.42 Å². The summed E-state index contributed by atoms with van der Waals surface area (Å²) in [4.78, 5) is 15.3. The van der Waals surface area contributed by atoms with Crippen molar-refractivity contribution in [1.82, 2.24) is 4.98 Å². The summed E-state index contributed by atoms with van der Waals surface area (Å²) in [5.74, 6) is -0.182. The van der Waals surface area contributed by atoms with Crippen molar-refractivity contribution in [3.63, 3.8) is 0 Å². The molecule has 102 valence electrons. The van der Waals surface area contributed by atoms with Crippen molar-refractivity contribution < 1.29 is 9.53 Å². The van der Waals surface area contributed by atoms with Gasteiger partial charge in [-0.1, -0.05) is 11.6 Å². The molecule has 0 radical (unpaired) electrons. The highest BCUT2D eigenvalue weighted by atomic mass is 16.6. The number of hydrogen-bond donors (Lipinski definition) is 1. The number of nitrogens with one attached hydrogen (secondary N) is 1. The van der Waals surface area contributed by atoms with Crippen LogP contribution in [0.3, 0.4) is 0 Å². The Bertz CT molecular complexity index is 617. The Morgan fingerprint density at radius 2 is 1.95 bits per heavy atom. The maximum absolute atomic E-state index is 12.0. The van der Waals surface area contributed by atoms with E-state index in [0.717, 1.165) is 22.2 Å². The van der Waals surface area contributed by atoms with Gasteiger partial charge in [0.2, 0.25) is 0 Å². The van der Waals surface area contributed by atoms with Gasteiger partial charge in [0, 0.05) is 16.6 Å². The standard InChI is InChI=1S/C16H21NO2/c1-10-6-7-14-13(8-10)12(11(2)17-14)9-15(18)19-16(3,4)5/h6-8,17H,9H2,1-5H3. The highest BCUT2D eigenvalue weighted by Crippen LogP contribution is 2.24. The number of aromatic amines is 1. The number of fused-ring (bicyclic) bond motifs is 1. The van der Waals surface area contributed by atoms with Crippen molar-refractivity contribution in [1.29, 1.82) is 0 Å². The molecule has 0 unspecified atom stereocenters. The lowest BCUT2D eigenvalue weighted by atomic mass is 10.1. The average Bonchev–Trinajstić information content (AvgIpc) is 2.53. The van der Waals surface area contributed by atoms with E-state index in [4.69, 9.17) is 4.74 Å². The smallest absolute Gasteiger partial charge is 0.310 e. The molecule has 0 saturated carbocycles. The molecular weight excluding hydrogens is 238 g/mol. The van der Waals surface area contributed by atoms with Crippen LogP contribution in [0.2, 0.25) is 0 Å². The highest BCUT2D eigenvalue weighted by molar-refractivity contribution is 5.89. The van der Waals surface area contributed by atoms with Crippen LogP contribution in [0.25, 0.3) is 10.9 Å². The van der Waals surface area contributed by atoms with Gasteiger partial charge in [0.1, 0.15) is 5.60 Å². The van der Waals surface area contributed by atoms with Crippen molar-refractivity contribution in [3.8, 4) is 0 Å². The Kier molecular flexibility index (Phi) is 3.40. The van der Waals surface area contributed by atoms with Crippen LogP contribution in [0.1, 0.15) is 37.6 Å². The molecule has 1 aromatic heterocycles. The lowest BCUT2D eigenvalue weighted by molar-refractivity contribution is -0.153. The fourth-order valence-corrected chi connectivity index (χ4v) is 2.25. The van der Waals surface area contributed by atoms with Crippen molar-refractivity contribution in [2.45, 2.75) is 46.6 Å². The molecule has 0 fully saturated rings. The summed E-state index contributed by atoms with van der Waals surface area (Å²) in [6.45, 7) is 9.71. The van der Waals surface area contributed by atoms with E-state index < -0.39 is 5.60 Å². The summed E-state index contributed by atoms with van der Waals surface area (Å²) in [5.41, 5.74) is 3.89. The zero-order valence-corrected chi connectivity index (χ0v) is 12.3. The number of carbonyl (C=O) groups excluding carboxylic acids is 1. The number of benzene rings is 1. The third kappa shape index (κ3) is 3.16. The fraction of sp³-hybridized carbons (Fsp3) is 0.438. The lowest BCUT2D eigenvalue weighted by Gasteiger charge is -2.19. The Morgan fingerprint density at radius 1 is 1.26 bits per heavy atom. The van der Waals surface area contributed by atoms with Gasteiger partial charge >= 0.3 is 5.97 Å². The van der Waals surface area contributed by atoms with Crippen LogP contribution in [0.15, 0.2) is 18.2 Å². The molecule has 3 nitrogen and oxygen atoms in total. The second-order valence-corrected chi connectivity index (χ2v) is 6.04. The molecule has 0 bridgehead atoms. The Morgan fingerprint density at radius 3 is 2.58 bits per heavy atom. The van der Waals surface area contributed by atoms with E-state index in [9.17, 15) is 4.79 Å². The second-order valence-electron chi connectivity index (χ2n) is 6.04. The van der Waals surface area contributed by atoms with E-state index in [1.807, 2.05) is 27.7 Å². The first-order chi connectivity index (χ1) is 8.76. The predicted molar refractivity (Wildman–Crippen MR) is 77.3 cm³/mol. The number of esters is 1. The number of carbonyl (C=O) groups is 1. The molecule has 3 heteroatoms. The number of H-pyrrole nitrogens is 1. The third-order valence-corrected chi connectivity index (χ3v) is 3.02. The number of rotatable bonds is 2.